The summed E-state index contributed by atoms with van der Waals surface area (Å²) < 4.78 is 36.8. The third-order valence-corrected chi connectivity index (χ3v) is 6.93. The minimum Gasteiger partial charge on any atom is -0.493 e. The Morgan fingerprint density at radius 3 is 2.32 bits per heavy atom. The predicted octanol–water partition coefficient (Wildman–Crippen LogP) is 3.22. The molecule has 0 heterocycles. The van der Waals surface area contributed by atoms with Gasteiger partial charge in [0.2, 0.25) is 15.9 Å². The lowest BCUT2D eigenvalue weighted by Gasteiger charge is -2.29. The summed E-state index contributed by atoms with van der Waals surface area (Å²) in [5, 5.41) is 2.96. The molecule has 3 rings (SSSR count). The number of rotatable bonds is 8. The van der Waals surface area contributed by atoms with Crippen LogP contribution in [0.25, 0.3) is 0 Å². The van der Waals surface area contributed by atoms with Crippen LogP contribution < -0.4 is 19.1 Å². The summed E-state index contributed by atoms with van der Waals surface area (Å²) in [4.78, 5) is 13.0. The van der Waals surface area contributed by atoms with E-state index in [-0.39, 0.29) is 11.9 Å². The smallest absolute Gasteiger partial charge is 0.244 e. The van der Waals surface area contributed by atoms with Crippen molar-refractivity contribution in [2.45, 2.75) is 45.2 Å². The van der Waals surface area contributed by atoms with Gasteiger partial charge in [-0.2, -0.15) is 0 Å². The Hall–Kier alpha value is -2.74. The summed E-state index contributed by atoms with van der Waals surface area (Å²) in [5.74, 6) is 0.475. The number of aryl methyl sites for hydroxylation is 2. The predicted molar refractivity (Wildman–Crippen MR) is 121 cm³/mol. The van der Waals surface area contributed by atoms with E-state index < -0.39 is 16.1 Å². The lowest BCUT2D eigenvalue weighted by atomic mass is 10.0. The van der Waals surface area contributed by atoms with Crippen molar-refractivity contribution < 1.29 is 22.7 Å². The summed E-state index contributed by atoms with van der Waals surface area (Å²) in [6, 6.07) is 9.85. The second kappa shape index (κ2) is 9.18. The van der Waals surface area contributed by atoms with Gasteiger partial charge in [0.25, 0.3) is 0 Å². The molecule has 0 saturated heterocycles. The van der Waals surface area contributed by atoms with Crippen molar-refractivity contribution in [3.8, 4) is 11.5 Å². The summed E-state index contributed by atoms with van der Waals surface area (Å²) in [6.45, 7) is 3.48. The van der Waals surface area contributed by atoms with Crippen molar-refractivity contribution in [1.82, 2.24) is 5.32 Å². The fraction of sp³-hybridized carbons (Fsp3) is 0.435. The van der Waals surface area contributed by atoms with Crippen molar-refractivity contribution in [2.24, 2.45) is 0 Å². The van der Waals surface area contributed by atoms with Crippen molar-refractivity contribution >= 4 is 21.6 Å². The number of carbonyl (C=O) groups excluding carboxylic acids is 1. The van der Waals surface area contributed by atoms with Crippen LogP contribution in [-0.4, -0.2) is 40.8 Å². The lowest BCUT2D eigenvalue weighted by molar-refractivity contribution is -0.122. The van der Waals surface area contributed by atoms with E-state index in [0.29, 0.717) is 17.2 Å². The largest absolute Gasteiger partial charge is 0.493 e. The molecule has 0 radical (unpaired) electrons. The number of benzene rings is 2. The molecule has 1 aliphatic rings. The second-order valence-corrected chi connectivity index (χ2v) is 9.75. The van der Waals surface area contributed by atoms with E-state index in [9.17, 15) is 13.2 Å². The summed E-state index contributed by atoms with van der Waals surface area (Å²) >= 11 is 0. The van der Waals surface area contributed by atoms with Gasteiger partial charge >= 0.3 is 0 Å². The van der Waals surface area contributed by atoms with Crippen LogP contribution in [-0.2, 0) is 27.7 Å². The van der Waals surface area contributed by atoms with Gasteiger partial charge in [0.15, 0.2) is 11.5 Å². The molecule has 31 heavy (non-hydrogen) atoms. The maximum atomic E-state index is 13.0. The average Bonchev–Trinajstić information content (AvgIpc) is 3.20. The quantitative estimate of drug-likeness (QED) is 0.673. The lowest BCUT2D eigenvalue weighted by Crippen LogP contribution is -2.48. The Labute approximate surface area is 184 Å². The van der Waals surface area contributed by atoms with Crippen LogP contribution in [0.4, 0.5) is 5.69 Å². The topological polar surface area (TPSA) is 84.9 Å². The molecule has 0 fully saturated rings. The van der Waals surface area contributed by atoms with Gasteiger partial charge in [-0.1, -0.05) is 18.2 Å². The molecule has 8 heteroatoms. The van der Waals surface area contributed by atoms with E-state index in [1.165, 1.54) is 25.3 Å². The molecule has 0 saturated carbocycles. The van der Waals surface area contributed by atoms with Crippen molar-refractivity contribution in [3.63, 3.8) is 0 Å². The number of nitrogens with one attached hydrogen (secondary N) is 1. The number of ether oxygens (including phenoxy) is 2. The third kappa shape index (κ3) is 4.95. The molecular weight excluding hydrogens is 416 g/mol. The van der Waals surface area contributed by atoms with Gasteiger partial charge in [0.1, 0.15) is 6.04 Å². The molecule has 1 amide bonds. The molecule has 0 aliphatic heterocycles. The maximum Gasteiger partial charge on any atom is 0.244 e. The SMILES string of the molecule is COc1ccc(N([C@@H](C)C(=O)N[C@@H](C)c2ccc3c(c2)CCC3)S(C)(=O)=O)cc1OC. The molecule has 2 atom stereocenters. The second-order valence-electron chi connectivity index (χ2n) is 7.89. The Morgan fingerprint density at radius 1 is 1.00 bits per heavy atom. The van der Waals surface area contributed by atoms with Gasteiger partial charge in [0.05, 0.1) is 32.2 Å². The number of anilines is 1. The first-order valence-electron chi connectivity index (χ1n) is 10.3. The summed E-state index contributed by atoms with van der Waals surface area (Å²) in [6.07, 6.45) is 4.39. The van der Waals surface area contributed by atoms with Crippen LogP contribution in [0.3, 0.4) is 0 Å². The zero-order valence-electron chi connectivity index (χ0n) is 18.6. The molecule has 0 unspecified atom stereocenters. The van der Waals surface area contributed by atoms with Crippen LogP contribution in [0.1, 0.15) is 43.0 Å². The van der Waals surface area contributed by atoms with E-state index in [0.717, 1.165) is 35.4 Å². The number of hydrogen-bond donors (Lipinski definition) is 1. The van der Waals surface area contributed by atoms with E-state index >= 15 is 0 Å². The van der Waals surface area contributed by atoms with Gasteiger partial charge < -0.3 is 14.8 Å². The molecule has 7 nitrogen and oxygen atoms in total. The fourth-order valence-corrected chi connectivity index (χ4v) is 5.22. The van der Waals surface area contributed by atoms with E-state index in [1.54, 1.807) is 25.1 Å². The molecule has 2 aromatic rings. The maximum absolute atomic E-state index is 13.0. The normalized spacial score (nSPS) is 15.0. The van der Waals surface area contributed by atoms with Crippen molar-refractivity contribution in [3.05, 3.63) is 53.1 Å². The standard InChI is InChI=1S/C23H30N2O5S/c1-15(18-10-9-17-7-6-8-19(17)13-18)24-23(26)16(2)25(31(5,27)28)20-11-12-21(29-3)22(14-20)30-4/h9-16H,6-8H2,1-5H3,(H,24,26)/t15-,16-/m0/s1. The fourth-order valence-electron chi connectivity index (χ4n) is 4.05. The monoisotopic (exact) mass is 446 g/mol. The number of amides is 1. The van der Waals surface area contributed by atoms with Crippen molar-refractivity contribution in [1.29, 1.82) is 0 Å². The zero-order chi connectivity index (χ0) is 22.8. The number of nitrogens with zero attached hydrogens (tertiary/aromatic N) is 1. The molecule has 0 spiro atoms. The highest BCUT2D eigenvalue weighted by atomic mass is 32.2. The minimum absolute atomic E-state index is 0.243. The van der Waals surface area contributed by atoms with Crippen molar-refractivity contribution in [2.75, 3.05) is 24.8 Å². The van der Waals surface area contributed by atoms with Crippen LogP contribution in [0.15, 0.2) is 36.4 Å². The first-order chi connectivity index (χ1) is 14.7. The number of hydrogen-bond acceptors (Lipinski definition) is 5. The van der Waals surface area contributed by atoms with Gasteiger partial charge in [-0.15, -0.1) is 0 Å². The first-order valence-corrected chi connectivity index (χ1v) is 12.1. The van der Waals surface area contributed by atoms with Gasteiger partial charge in [-0.3, -0.25) is 9.10 Å². The molecule has 1 aliphatic carbocycles. The highest BCUT2D eigenvalue weighted by Gasteiger charge is 2.30. The van der Waals surface area contributed by atoms with Crippen LogP contribution in [0.5, 0.6) is 11.5 Å². The molecule has 1 N–H and O–H groups in total. The number of methoxy groups -OCH3 is 2. The Morgan fingerprint density at radius 2 is 1.68 bits per heavy atom. The molecular formula is C23H30N2O5S. The Bertz CT molecular complexity index is 1070. The highest BCUT2D eigenvalue weighted by Crippen LogP contribution is 2.33. The molecule has 0 bridgehead atoms. The Kier molecular flexibility index (Phi) is 6.79. The molecule has 0 aromatic heterocycles. The van der Waals surface area contributed by atoms with Crippen LogP contribution in [0, 0.1) is 0 Å². The summed E-state index contributed by atoms with van der Waals surface area (Å²) in [7, 11) is -0.764. The van der Waals surface area contributed by atoms with E-state index in [2.05, 4.69) is 17.4 Å². The number of carbonyl (C=O) groups is 1. The minimum atomic E-state index is -3.74. The highest BCUT2D eigenvalue weighted by molar-refractivity contribution is 7.92. The van der Waals surface area contributed by atoms with Crippen LogP contribution in [0.2, 0.25) is 0 Å². The molecule has 2 aromatic carbocycles. The van der Waals surface area contributed by atoms with E-state index in [1.807, 2.05) is 13.0 Å². The Balaban J connectivity index is 1.83. The van der Waals surface area contributed by atoms with Gasteiger partial charge in [-0.05, 0) is 61.9 Å². The third-order valence-electron chi connectivity index (χ3n) is 5.69. The van der Waals surface area contributed by atoms with E-state index in [4.69, 9.17) is 9.47 Å². The average molecular weight is 447 g/mol. The number of sulfonamides is 1. The van der Waals surface area contributed by atoms with Gasteiger partial charge in [-0.25, -0.2) is 8.42 Å². The zero-order valence-corrected chi connectivity index (χ0v) is 19.5. The van der Waals surface area contributed by atoms with Gasteiger partial charge in [0, 0.05) is 6.07 Å². The molecule has 168 valence electrons. The number of fused-ring (bicyclic) bond motifs is 1. The van der Waals surface area contributed by atoms with Crippen LogP contribution >= 0.6 is 0 Å². The summed E-state index contributed by atoms with van der Waals surface area (Å²) in [5.41, 5.74) is 4.04. The first kappa shape index (κ1) is 22.9.